The van der Waals surface area contributed by atoms with Gasteiger partial charge in [0.1, 0.15) is 0 Å². The molecule has 0 atom stereocenters. The predicted molar refractivity (Wildman–Crippen MR) is 76.7 cm³/mol. The number of piperazine rings is 1. The Morgan fingerprint density at radius 2 is 1.77 bits per heavy atom. The maximum atomic E-state index is 12.5. The molecule has 22 heavy (non-hydrogen) atoms. The molecule has 3 rings (SSSR count). The standard InChI is InChI=1S/C14H20F3N5/c1-2-20-5-7-21(8-6-20)11-9-22(10-11)13-4-3-12(18-19-13)14(15,16)17/h3-4,11H,2,5-10H2,1H3. The lowest BCUT2D eigenvalue weighted by molar-refractivity contribution is -0.141. The lowest BCUT2D eigenvalue weighted by Crippen LogP contribution is -2.63. The minimum Gasteiger partial charge on any atom is -0.352 e. The van der Waals surface area contributed by atoms with Gasteiger partial charge in [-0.2, -0.15) is 13.2 Å². The van der Waals surface area contributed by atoms with E-state index in [9.17, 15) is 13.2 Å². The molecule has 8 heteroatoms. The molecular weight excluding hydrogens is 295 g/mol. The summed E-state index contributed by atoms with van der Waals surface area (Å²) < 4.78 is 37.4. The van der Waals surface area contributed by atoms with Crippen LogP contribution in [0.15, 0.2) is 12.1 Å². The van der Waals surface area contributed by atoms with Gasteiger partial charge in [0.2, 0.25) is 0 Å². The molecule has 0 unspecified atom stereocenters. The molecule has 1 aromatic rings. The number of aromatic nitrogens is 2. The first kappa shape index (κ1) is 15.5. The van der Waals surface area contributed by atoms with Gasteiger partial charge in [0.05, 0.1) is 0 Å². The van der Waals surface area contributed by atoms with E-state index in [1.54, 1.807) is 0 Å². The summed E-state index contributed by atoms with van der Waals surface area (Å²) in [6.07, 6.45) is -4.43. The first-order valence-electron chi connectivity index (χ1n) is 7.59. The predicted octanol–water partition coefficient (Wildman–Crippen LogP) is 1.32. The average Bonchev–Trinajstić information content (AvgIpc) is 2.46. The Kier molecular flexibility index (Phi) is 4.22. The van der Waals surface area contributed by atoms with Crippen LogP contribution in [0.2, 0.25) is 0 Å². The van der Waals surface area contributed by atoms with Gasteiger partial charge in [0.25, 0.3) is 0 Å². The zero-order chi connectivity index (χ0) is 15.7. The molecule has 2 aliphatic heterocycles. The average molecular weight is 315 g/mol. The van der Waals surface area contributed by atoms with Crippen LogP contribution in [0.5, 0.6) is 0 Å². The van der Waals surface area contributed by atoms with E-state index in [0.29, 0.717) is 11.9 Å². The molecule has 0 saturated carbocycles. The lowest BCUT2D eigenvalue weighted by Gasteiger charge is -2.48. The molecule has 122 valence electrons. The maximum Gasteiger partial charge on any atom is 0.435 e. The Balaban J connectivity index is 1.51. The van der Waals surface area contributed by atoms with E-state index in [1.807, 2.05) is 4.90 Å². The highest BCUT2D eigenvalue weighted by Gasteiger charge is 2.36. The largest absolute Gasteiger partial charge is 0.435 e. The van der Waals surface area contributed by atoms with E-state index in [-0.39, 0.29) is 0 Å². The fraction of sp³-hybridized carbons (Fsp3) is 0.714. The van der Waals surface area contributed by atoms with Crippen molar-refractivity contribution in [2.75, 3.05) is 50.7 Å². The topological polar surface area (TPSA) is 35.5 Å². The summed E-state index contributed by atoms with van der Waals surface area (Å²) in [6.45, 7) is 9.18. The van der Waals surface area contributed by atoms with Crippen LogP contribution in [-0.2, 0) is 6.18 Å². The van der Waals surface area contributed by atoms with Crippen molar-refractivity contribution in [3.63, 3.8) is 0 Å². The molecule has 2 aliphatic rings. The fourth-order valence-electron chi connectivity index (χ4n) is 2.96. The van der Waals surface area contributed by atoms with Crippen LogP contribution in [0.25, 0.3) is 0 Å². The Morgan fingerprint density at radius 1 is 1.09 bits per heavy atom. The summed E-state index contributed by atoms with van der Waals surface area (Å²) in [7, 11) is 0. The van der Waals surface area contributed by atoms with Crippen molar-refractivity contribution in [2.24, 2.45) is 0 Å². The zero-order valence-electron chi connectivity index (χ0n) is 12.6. The third kappa shape index (κ3) is 3.17. The third-order valence-electron chi connectivity index (χ3n) is 4.50. The zero-order valence-corrected chi connectivity index (χ0v) is 12.6. The second-order valence-electron chi connectivity index (χ2n) is 5.80. The van der Waals surface area contributed by atoms with E-state index < -0.39 is 11.9 Å². The summed E-state index contributed by atoms with van der Waals surface area (Å²) >= 11 is 0. The Labute approximate surface area is 127 Å². The summed E-state index contributed by atoms with van der Waals surface area (Å²) in [5.41, 5.74) is -0.941. The monoisotopic (exact) mass is 315 g/mol. The second-order valence-corrected chi connectivity index (χ2v) is 5.80. The Morgan fingerprint density at radius 3 is 2.27 bits per heavy atom. The van der Waals surface area contributed by atoms with Crippen molar-refractivity contribution in [1.29, 1.82) is 0 Å². The number of nitrogens with zero attached hydrogens (tertiary/aromatic N) is 5. The van der Waals surface area contributed by atoms with Gasteiger partial charge in [0.15, 0.2) is 11.5 Å². The molecule has 5 nitrogen and oxygen atoms in total. The van der Waals surface area contributed by atoms with Crippen molar-refractivity contribution in [3.8, 4) is 0 Å². The quantitative estimate of drug-likeness (QED) is 0.841. The highest BCUT2D eigenvalue weighted by Crippen LogP contribution is 2.28. The van der Waals surface area contributed by atoms with Crippen molar-refractivity contribution < 1.29 is 13.2 Å². The molecule has 2 fully saturated rings. The molecule has 1 aromatic heterocycles. The summed E-state index contributed by atoms with van der Waals surface area (Å²) in [4.78, 5) is 6.86. The van der Waals surface area contributed by atoms with Crippen LogP contribution in [0, 0.1) is 0 Å². The van der Waals surface area contributed by atoms with Crippen LogP contribution < -0.4 is 4.90 Å². The summed E-state index contributed by atoms with van der Waals surface area (Å²) in [6, 6.07) is 2.87. The van der Waals surface area contributed by atoms with Crippen LogP contribution in [0.4, 0.5) is 19.0 Å². The van der Waals surface area contributed by atoms with Crippen molar-refractivity contribution >= 4 is 5.82 Å². The van der Waals surface area contributed by atoms with Crippen molar-refractivity contribution in [3.05, 3.63) is 17.8 Å². The molecule has 0 aromatic carbocycles. The number of alkyl halides is 3. The third-order valence-corrected chi connectivity index (χ3v) is 4.50. The number of anilines is 1. The highest BCUT2D eigenvalue weighted by molar-refractivity contribution is 5.41. The number of rotatable bonds is 3. The van der Waals surface area contributed by atoms with Crippen LogP contribution in [-0.4, -0.2) is 71.9 Å². The molecule has 0 N–H and O–H groups in total. The van der Waals surface area contributed by atoms with Crippen molar-refractivity contribution in [1.82, 2.24) is 20.0 Å². The fourth-order valence-corrected chi connectivity index (χ4v) is 2.96. The van der Waals surface area contributed by atoms with E-state index in [1.165, 1.54) is 6.07 Å². The van der Waals surface area contributed by atoms with Gasteiger partial charge in [-0.15, -0.1) is 10.2 Å². The molecule has 0 spiro atoms. The normalized spacial score (nSPS) is 21.9. The van der Waals surface area contributed by atoms with Crippen LogP contribution in [0.3, 0.4) is 0 Å². The lowest BCUT2D eigenvalue weighted by atomic mass is 10.1. The van der Waals surface area contributed by atoms with Crippen LogP contribution >= 0.6 is 0 Å². The molecule has 0 radical (unpaired) electrons. The maximum absolute atomic E-state index is 12.5. The SMILES string of the molecule is CCN1CCN(C2CN(c3ccc(C(F)(F)F)nn3)C2)CC1. The van der Waals surface area contributed by atoms with E-state index >= 15 is 0 Å². The number of hydrogen-bond donors (Lipinski definition) is 0. The molecule has 0 bridgehead atoms. The molecule has 0 aliphatic carbocycles. The van der Waals surface area contributed by atoms with Gasteiger partial charge >= 0.3 is 6.18 Å². The van der Waals surface area contributed by atoms with Gasteiger partial charge in [-0.1, -0.05) is 6.92 Å². The minimum atomic E-state index is -4.43. The Hall–Kier alpha value is -1.41. The van der Waals surface area contributed by atoms with E-state index in [4.69, 9.17) is 0 Å². The van der Waals surface area contributed by atoms with Gasteiger partial charge in [-0.25, -0.2) is 0 Å². The first-order chi connectivity index (χ1) is 10.5. The van der Waals surface area contributed by atoms with Crippen molar-refractivity contribution in [2.45, 2.75) is 19.1 Å². The minimum absolute atomic E-state index is 0.475. The second kappa shape index (κ2) is 6.00. The smallest absolute Gasteiger partial charge is 0.352 e. The molecule has 2 saturated heterocycles. The van der Waals surface area contributed by atoms with Gasteiger partial charge in [-0.3, -0.25) is 4.90 Å². The van der Waals surface area contributed by atoms with Crippen LogP contribution in [0.1, 0.15) is 12.6 Å². The molecular formula is C14H20F3N5. The first-order valence-corrected chi connectivity index (χ1v) is 7.59. The highest BCUT2D eigenvalue weighted by atomic mass is 19.4. The number of halogens is 3. The number of hydrogen-bond acceptors (Lipinski definition) is 5. The number of likely N-dealkylation sites (N-methyl/N-ethyl adjacent to an activating group) is 1. The summed E-state index contributed by atoms with van der Waals surface area (Å²) in [5.74, 6) is 0.524. The summed E-state index contributed by atoms with van der Waals surface area (Å²) in [5, 5.41) is 6.98. The Bertz CT molecular complexity index is 490. The van der Waals surface area contributed by atoms with Gasteiger partial charge in [0, 0.05) is 45.3 Å². The van der Waals surface area contributed by atoms with Gasteiger partial charge in [-0.05, 0) is 18.7 Å². The molecule has 3 heterocycles. The van der Waals surface area contributed by atoms with Gasteiger partial charge < -0.3 is 9.80 Å². The van der Waals surface area contributed by atoms with E-state index in [0.717, 1.165) is 51.9 Å². The van der Waals surface area contributed by atoms with E-state index in [2.05, 4.69) is 26.9 Å². The molecule has 0 amide bonds.